The normalized spacial score (nSPS) is 12.4. The zero-order chi connectivity index (χ0) is 13.8. The van der Waals surface area contributed by atoms with Gasteiger partial charge in [-0.3, -0.25) is 0 Å². The molecule has 0 aliphatic carbocycles. The van der Waals surface area contributed by atoms with Crippen LogP contribution in [0.4, 0.5) is 4.39 Å². The Morgan fingerprint density at radius 1 is 1.42 bits per heavy atom. The monoisotopic (exact) mass is 265 g/mol. The molecular formula is C12H16FN5O. The van der Waals surface area contributed by atoms with Crippen molar-refractivity contribution in [3.05, 3.63) is 35.4 Å². The van der Waals surface area contributed by atoms with Crippen LogP contribution >= 0.6 is 0 Å². The highest BCUT2D eigenvalue weighted by atomic mass is 19.1. The number of nitrogens with zero attached hydrogens (tertiary/aromatic N) is 4. The van der Waals surface area contributed by atoms with Crippen LogP contribution in [-0.4, -0.2) is 26.2 Å². The molecule has 0 spiro atoms. The number of nitrogens with two attached hydrogens (primary N) is 1. The van der Waals surface area contributed by atoms with Crippen LogP contribution in [0.5, 0.6) is 5.75 Å². The average Bonchev–Trinajstić information content (AvgIpc) is 2.71. The number of aryl methyl sites for hydroxylation is 1. The molecule has 0 saturated heterocycles. The maximum absolute atomic E-state index is 13.4. The minimum Gasteiger partial charge on any atom is -0.485 e. The largest absolute Gasteiger partial charge is 0.485 e. The summed E-state index contributed by atoms with van der Waals surface area (Å²) >= 11 is 0. The summed E-state index contributed by atoms with van der Waals surface area (Å²) in [6.07, 6.45) is 0.595. The fraction of sp³-hybridized carbons (Fsp3) is 0.417. The molecular weight excluding hydrogens is 249 g/mol. The van der Waals surface area contributed by atoms with E-state index >= 15 is 0 Å². The molecule has 2 N–H and O–H groups in total. The standard InChI is InChI=1S/C12H16FN5O/c1-8(14)3-9-4-10(13)6-11(5-9)19-7-12-15-17-18(2)16-12/h4-6,8H,3,7,14H2,1-2H3. The number of hydrogen-bond donors (Lipinski definition) is 1. The second-order valence-corrected chi connectivity index (χ2v) is 4.46. The summed E-state index contributed by atoms with van der Waals surface area (Å²) in [5.74, 6) is 0.531. The molecule has 2 aromatic rings. The Morgan fingerprint density at radius 2 is 2.21 bits per heavy atom. The first-order valence-corrected chi connectivity index (χ1v) is 5.93. The van der Waals surface area contributed by atoms with Crippen molar-refractivity contribution in [2.75, 3.05) is 0 Å². The Hall–Kier alpha value is -2.02. The Bertz CT molecular complexity index is 555. The van der Waals surface area contributed by atoms with Gasteiger partial charge in [0.25, 0.3) is 0 Å². The van der Waals surface area contributed by atoms with E-state index in [1.165, 1.54) is 16.9 Å². The second kappa shape index (κ2) is 5.75. The number of hydrogen-bond acceptors (Lipinski definition) is 5. The van der Waals surface area contributed by atoms with Crippen LogP contribution in [0.25, 0.3) is 0 Å². The summed E-state index contributed by atoms with van der Waals surface area (Å²) in [5.41, 5.74) is 6.50. The highest BCUT2D eigenvalue weighted by Crippen LogP contribution is 2.18. The fourth-order valence-corrected chi connectivity index (χ4v) is 1.72. The van der Waals surface area contributed by atoms with Crippen LogP contribution in [0.1, 0.15) is 18.3 Å². The molecule has 2 rings (SSSR count). The van der Waals surface area contributed by atoms with Crippen LogP contribution in [-0.2, 0) is 20.1 Å². The van der Waals surface area contributed by atoms with Crippen molar-refractivity contribution in [3.8, 4) is 5.75 Å². The Morgan fingerprint density at radius 3 is 2.84 bits per heavy atom. The van der Waals surface area contributed by atoms with Crippen molar-refractivity contribution in [3.63, 3.8) is 0 Å². The number of tetrazole rings is 1. The molecule has 0 saturated carbocycles. The van der Waals surface area contributed by atoms with Gasteiger partial charge in [0, 0.05) is 12.1 Å². The summed E-state index contributed by atoms with van der Waals surface area (Å²) in [4.78, 5) is 1.34. The molecule has 19 heavy (non-hydrogen) atoms. The van der Waals surface area contributed by atoms with E-state index in [0.717, 1.165) is 5.56 Å². The highest BCUT2D eigenvalue weighted by molar-refractivity contribution is 5.30. The van der Waals surface area contributed by atoms with Crippen molar-refractivity contribution in [2.45, 2.75) is 26.0 Å². The van der Waals surface area contributed by atoms with Crippen LogP contribution < -0.4 is 10.5 Å². The first-order valence-electron chi connectivity index (χ1n) is 5.93. The lowest BCUT2D eigenvalue weighted by molar-refractivity contribution is 0.293. The lowest BCUT2D eigenvalue weighted by atomic mass is 10.1. The number of halogens is 1. The van der Waals surface area contributed by atoms with Gasteiger partial charge in [0.1, 0.15) is 11.6 Å². The van der Waals surface area contributed by atoms with Crippen LogP contribution in [0.15, 0.2) is 18.2 Å². The molecule has 6 nitrogen and oxygen atoms in total. The topological polar surface area (TPSA) is 78.9 Å². The minimum absolute atomic E-state index is 0.0312. The Kier molecular flexibility index (Phi) is 4.06. The van der Waals surface area contributed by atoms with Crippen molar-refractivity contribution >= 4 is 0 Å². The molecule has 0 aliphatic heterocycles. The zero-order valence-electron chi connectivity index (χ0n) is 10.9. The predicted octanol–water partition coefficient (Wildman–Crippen LogP) is 0.818. The third-order valence-corrected chi connectivity index (χ3v) is 2.41. The molecule has 0 amide bonds. The summed E-state index contributed by atoms with van der Waals surface area (Å²) in [6.45, 7) is 2.02. The molecule has 0 fully saturated rings. The third kappa shape index (κ3) is 3.99. The van der Waals surface area contributed by atoms with Crippen LogP contribution in [0.3, 0.4) is 0 Å². The van der Waals surface area contributed by atoms with E-state index in [2.05, 4.69) is 15.4 Å². The van der Waals surface area contributed by atoms with Crippen molar-refractivity contribution < 1.29 is 9.13 Å². The van der Waals surface area contributed by atoms with Gasteiger partial charge < -0.3 is 10.5 Å². The summed E-state index contributed by atoms with van der Waals surface area (Å²) < 4.78 is 18.9. The molecule has 102 valence electrons. The van der Waals surface area contributed by atoms with Crippen molar-refractivity contribution in [1.82, 2.24) is 20.2 Å². The second-order valence-electron chi connectivity index (χ2n) is 4.46. The van der Waals surface area contributed by atoms with E-state index in [9.17, 15) is 4.39 Å². The predicted molar refractivity (Wildman–Crippen MR) is 66.9 cm³/mol. The molecule has 1 heterocycles. The quantitative estimate of drug-likeness (QED) is 0.865. The first-order chi connectivity index (χ1) is 9.02. The molecule has 1 unspecified atom stereocenters. The van der Waals surface area contributed by atoms with E-state index in [0.29, 0.717) is 18.0 Å². The lowest BCUT2D eigenvalue weighted by Gasteiger charge is -2.09. The van der Waals surface area contributed by atoms with Gasteiger partial charge in [-0.05, 0) is 36.3 Å². The average molecular weight is 265 g/mol. The number of benzene rings is 1. The zero-order valence-corrected chi connectivity index (χ0v) is 10.9. The van der Waals surface area contributed by atoms with Gasteiger partial charge in [-0.15, -0.1) is 10.2 Å². The third-order valence-electron chi connectivity index (χ3n) is 2.41. The van der Waals surface area contributed by atoms with Gasteiger partial charge in [0.05, 0.1) is 7.05 Å². The van der Waals surface area contributed by atoms with E-state index in [4.69, 9.17) is 10.5 Å². The van der Waals surface area contributed by atoms with E-state index in [1.54, 1.807) is 13.1 Å². The summed E-state index contributed by atoms with van der Waals surface area (Å²) in [6, 6.07) is 4.51. The minimum atomic E-state index is -0.347. The smallest absolute Gasteiger partial charge is 0.212 e. The van der Waals surface area contributed by atoms with Gasteiger partial charge in [-0.25, -0.2) is 4.39 Å². The van der Waals surface area contributed by atoms with E-state index in [-0.39, 0.29) is 18.5 Å². The first kappa shape index (κ1) is 13.4. The van der Waals surface area contributed by atoms with Crippen LogP contribution in [0, 0.1) is 5.82 Å². The molecule has 7 heteroatoms. The van der Waals surface area contributed by atoms with E-state index < -0.39 is 0 Å². The number of aromatic nitrogens is 4. The molecule has 1 aromatic carbocycles. The Balaban J connectivity index is 2.05. The van der Waals surface area contributed by atoms with Gasteiger partial charge in [0.15, 0.2) is 6.61 Å². The highest BCUT2D eigenvalue weighted by Gasteiger charge is 2.06. The molecule has 0 aliphatic rings. The fourth-order valence-electron chi connectivity index (χ4n) is 1.72. The number of rotatable bonds is 5. The number of ether oxygens (including phenoxy) is 1. The summed E-state index contributed by atoms with van der Waals surface area (Å²) in [5, 5.41) is 11.5. The maximum atomic E-state index is 13.4. The Labute approximate surface area is 110 Å². The van der Waals surface area contributed by atoms with Crippen LogP contribution in [0.2, 0.25) is 0 Å². The molecule has 1 atom stereocenters. The SMILES string of the molecule is CC(N)Cc1cc(F)cc(OCc2nnn(C)n2)c1. The van der Waals surface area contributed by atoms with Gasteiger partial charge in [-0.1, -0.05) is 0 Å². The van der Waals surface area contributed by atoms with Gasteiger partial charge in [-0.2, -0.15) is 4.80 Å². The van der Waals surface area contributed by atoms with Gasteiger partial charge in [0.2, 0.25) is 5.82 Å². The van der Waals surface area contributed by atoms with Crippen molar-refractivity contribution in [2.24, 2.45) is 12.8 Å². The lowest BCUT2D eigenvalue weighted by Crippen LogP contribution is -2.17. The molecule has 0 radical (unpaired) electrons. The maximum Gasteiger partial charge on any atom is 0.212 e. The van der Waals surface area contributed by atoms with Crippen molar-refractivity contribution in [1.29, 1.82) is 0 Å². The molecule has 0 bridgehead atoms. The van der Waals surface area contributed by atoms with Gasteiger partial charge >= 0.3 is 0 Å². The molecule has 1 aromatic heterocycles. The summed E-state index contributed by atoms with van der Waals surface area (Å²) in [7, 11) is 1.67. The van der Waals surface area contributed by atoms with E-state index in [1.807, 2.05) is 6.92 Å².